The monoisotopic (exact) mass is 326 g/mol. The number of pyridine rings is 1. The Labute approximate surface area is 139 Å². The molecule has 0 radical (unpaired) electrons. The van der Waals surface area contributed by atoms with Crippen molar-refractivity contribution in [3.05, 3.63) is 47.9 Å². The predicted molar refractivity (Wildman–Crippen MR) is 85.4 cm³/mol. The molecule has 2 aromatic rings. The molecule has 2 aromatic heterocycles. The largest absolute Gasteiger partial charge is 0.427 e. The summed E-state index contributed by atoms with van der Waals surface area (Å²) in [6, 6.07) is 3.30. The van der Waals surface area contributed by atoms with Gasteiger partial charge in [0.15, 0.2) is 11.6 Å². The van der Waals surface area contributed by atoms with Crippen LogP contribution in [0.1, 0.15) is 42.7 Å². The molecule has 7 nitrogen and oxygen atoms in total. The first kappa shape index (κ1) is 16.0. The number of aryl methyl sites for hydroxylation is 1. The lowest BCUT2D eigenvalue weighted by Gasteiger charge is -2.26. The number of carbonyl (C=O) groups is 2. The SMILES string of the molecule is Cc1nc(-n2cncn2)ccc1C(=O)OC1=CC(=O)C(C)(C)CC1. The third-order valence-electron chi connectivity index (χ3n) is 4.12. The topological polar surface area (TPSA) is 87.0 Å². The number of ketones is 1. The van der Waals surface area contributed by atoms with E-state index in [2.05, 4.69) is 15.1 Å². The van der Waals surface area contributed by atoms with Crippen LogP contribution in [-0.4, -0.2) is 31.5 Å². The van der Waals surface area contributed by atoms with Crippen molar-refractivity contribution >= 4 is 11.8 Å². The highest BCUT2D eigenvalue weighted by Crippen LogP contribution is 2.32. The lowest BCUT2D eigenvalue weighted by atomic mass is 9.79. The molecule has 0 N–H and O–H groups in total. The summed E-state index contributed by atoms with van der Waals surface area (Å²) in [5.41, 5.74) is 0.487. The third-order valence-corrected chi connectivity index (χ3v) is 4.12. The number of carbonyl (C=O) groups excluding carboxylic acids is 2. The molecule has 0 spiro atoms. The molecule has 0 atom stereocenters. The molecule has 124 valence electrons. The number of rotatable bonds is 3. The number of hydrogen-bond donors (Lipinski definition) is 0. The van der Waals surface area contributed by atoms with Crippen LogP contribution in [0.4, 0.5) is 0 Å². The smallest absolute Gasteiger partial charge is 0.345 e. The first-order valence-corrected chi connectivity index (χ1v) is 7.67. The molecular weight excluding hydrogens is 308 g/mol. The average Bonchev–Trinajstić information content (AvgIpc) is 3.05. The maximum absolute atomic E-state index is 12.4. The van der Waals surface area contributed by atoms with Crippen LogP contribution in [0.2, 0.25) is 0 Å². The Hall–Kier alpha value is -2.83. The van der Waals surface area contributed by atoms with E-state index >= 15 is 0 Å². The van der Waals surface area contributed by atoms with Crippen LogP contribution < -0.4 is 0 Å². The average molecular weight is 326 g/mol. The summed E-state index contributed by atoms with van der Waals surface area (Å²) in [7, 11) is 0. The quantitative estimate of drug-likeness (QED) is 0.805. The van der Waals surface area contributed by atoms with Crippen LogP contribution in [0.5, 0.6) is 0 Å². The number of aromatic nitrogens is 4. The minimum atomic E-state index is -0.510. The first-order chi connectivity index (χ1) is 11.4. The van der Waals surface area contributed by atoms with Crippen LogP contribution in [-0.2, 0) is 9.53 Å². The van der Waals surface area contributed by atoms with Crippen molar-refractivity contribution in [3.63, 3.8) is 0 Å². The van der Waals surface area contributed by atoms with Gasteiger partial charge in [-0.05, 0) is 25.5 Å². The van der Waals surface area contributed by atoms with Crippen molar-refractivity contribution in [3.8, 4) is 5.82 Å². The number of ether oxygens (including phenoxy) is 1. The third kappa shape index (κ3) is 3.10. The van der Waals surface area contributed by atoms with Gasteiger partial charge in [-0.2, -0.15) is 5.10 Å². The molecule has 0 amide bonds. The molecule has 0 fully saturated rings. The summed E-state index contributed by atoms with van der Waals surface area (Å²) in [6.45, 7) is 5.50. The van der Waals surface area contributed by atoms with Gasteiger partial charge in [-0.25, -0.2) is 19.4 Å². The van der Waals surface area contributed by atoms with Gasteiger partial charge in [-0.1, -0.05) is 13.8 Å². The summed E-state index contributed by atoms with van der Waals surface area (Å²) < 4.78 is 6.89. The highest BCUT2D eigenvalue weighted by atomic mass is 16.5. The van der Waals surface area contributed by atoms with Crippen LogP contribution in [0.25, 0.3) is 5.82 Å². The molecule has 0 saturated heterocycles. The van der Waals surface area contributed by atoms with Crippen LogP contribution in [0, 0.1) is 12.3 Å². The molecule has 2 heterocycles. The minimum absolute atomic E-state index is 0.0204. The Morgan fingerprint density at radius 1 is 1.33 bits per heavy atom. The second kappa shape index (κ2) is 5.99. The highest BCUT2D eigenvalue weighted by molar-refractivity contribution is 5.97. The van der Waals surface area contributed by atoms with E-state index in [0.717, 1.165) is 0 Å². The van der Waals surface area contributed by atoms with Gasteiger partial charge in [-0.15, -0.1) is 0 Å². The lowest BCUT2D eigenvalue weighted by Crippen LogP contribution is -2.27. The normalized spacial score (nSPS) is 16.6. The summed E-state index contributed by atoms with van der Waals surface area (Å²) >= 11 is 0. The van der Waals surface area contributed by atoms with Crippen molar-refractivity contribution in [2.45, 2.75) is 33.6 Å². The zero-order chi connectivity index (χ0) is 17.3. The van der Waals surface area contributed by atoms with Crippen molar-refractivity contribution in [1.82, 2.24) is 19.7 Å². The Bertz CT molecular complexity index is 822. The Morgan fingerprint density at radius 2 is 2.12 bits per heavy atom. The van der Waals surface area contributed by atoms with Gasteiger partial charge in [0.05, 0.1) is 11.3 Å². The second-order valence-corrected chi connectivity index (χ2v) is 6.39. The van der Waals surface area contributed by atoms with E-state index in [-0.39, 0.29) is 5.78 Å². The fraction of sp³-hybridized carbons (Fsp3) is 0.353. The zero-order valence-corrected chi connectivity index (χ0v) is 13.8. The molecule has 3 rings (SSSR count). The molecule has 24 heavy (non-hydrogen) atoms. The van der Waals surface area contributed by atoms with Crippen molar-refractivity contribution < 1.29 is 14.3 Å². The van der Waals surface area contributed by atoms with Crippen LogP contribution in [0.3, 0.4) is 0 Å². The van der Waals surface area contributed by atoms with Gasteiger partial charge in [0.25, 0.3) is 0 Å². The summed E-state index contributed by atoms with van der Waals surface area (Å²) in [5, 5.41) is 4.00. The van der Waals surface area contributed by atoms with Crippen LogP contribution in [0.15, 0.2) is 36.6 Å². The van der Waals surface area contributed by atoms with E-state index in [0.29, 0.717) is 35.7 Å². The van der Waals surface area contributed by atoms with Crippen molar-refractivity contribution in [2.24, 2.45) is 5.41 Å². The molecule has 7 heteroatoms. The van der Waals surface area contributed by atoms with Gasteiger partial charge >= 0.3 is 5.97 Å². The van der Waals surface area contributed by atoms with Gasteiger partial charge in [0.1, 0.15) is 18.4 Å². The number of esters is 1. The number of nitrogens with zero attached hydrogens (tertiary/aromatic N) is 4. The molecule has 0 aromatic carbocycles. The molecule has 1 aliphatic rings. The van der Waals surface area contributed by atoms with Gasteiger partial charge < -0.3 is 4.74 Å². The fourth-order valence-corrected chi connectivity index (χ4v) is 2.44. The first-order valence-electron chi connectivity index (χ1n) is 7.67. The summed E-state index contributed by atoms with van der Waals surface area (Å²) in [6.07, 6.45) is 5.59. The standard InChI is InChI=1S/C17H18N4O3/c1-11-13(4-5-15(20-11)21-10-18-9-19-21)16(23)24-12-6-7-17(2,3)14(22)8-12/h4-5,8-10H,6-7H2,1-3H3. The van der Waals surface area contributed by atoms with Gasteiger partial charge in [0.2, 0.25) is 0 Å². The fourth-order valence-electron chi connectivity index (χ4n) is 2.44. The molecule has 0 saturated carbocycles. The number of hydrogen-bond acceptors (Lipinski definition) is 6. The predicted octanol–water partition coefficient (Wildman–Crippen LogP) is 2.40. The molecular formula is C17H18N4O3. The minimum Gasteiger partial charge on any atom is -0.427 e. The Kier molecular flexibility index (Phi) is 4.01. The van der Waals surface area contributed by atoms with E-state index in [1.54, 1.807) is 19.1 Å². The van der Waals surface area contributed by atoms with Gasteiger partial charge in [-0.3, -0.25) is 4.79 Å². The number of allylic oxidation sites excluding steroid dienone is 2. The summed E-state index contributed by atoms with van der Waals surface area (Å²) in [4.78, 5) is 32.5. The summed E-state index contributed by atoms with van der Waals surface area (Å²) in [5.74, 6) is 0.441. The van der Waals surface area contributed by atoms with E-state index in [4.69, 9.17) is 4.74 Å². The molecule has 0 aliphatic heterocycles. The molecule has 1 aliphatic carbocycles. The highest BCUT2D eigenvalue weighted by Gasteiger charge is 2.31. The molecule has 0 bridgehead atoms. The van der Waals surface area contributed by atoms with Crippen molar-refractivity contribution in [1.29, 1.82) is 0 Å². The van der Waals surface area contributed by atoms with Crippen LogP contribution >= 0.6 is 0 Å². The van der Waals surface area contributed by atoms with E-state index in [1.807, 2.05) is 13.8 Å². The van der Waals surface area contributed by atoms with Gasteiger partial charge in [0, 0.05) is 17.9 Å². The Balaban J connectivity index is 1.78. The van der Waals surface area contributed by atoms with E-state index in [1.165, 1.54) is 23.4 Å². The second-order valence-electron chi connectivity index (χ2n) is 6.39. The van der Waals surface area contributed by atoms with Crippen molar-refractivity contribution in [2.75, 3.05) is 0 Å². The van der Waals surface area contributed by atoms with E-state index < -0.39 is 11.4 Å². The molecule has 0 unspecified atom stereocenters. The maximum atomic E-state index is 12.4. The van der Waals surface area contributed by atoms with E-state index in [9.17, 15) is 9.59 Å². The maximum Gasteiger partial charge on any atom is 0.345 e. The zero-order valence-electron chi connectivity index (χ0n) is 13.8. The Morgan fingerprint density at radius 3 is 2.75 bits per heavy atom. The lowest BCUT2D eigenvalue weighted by molar-refractivity contribution is -0.123.